The minimum Gasteiger partial charge on any atom is -0.450 e. The second-order valence-corrected chi connectivity index (χ2v) is 6.35. The monoisotopic (exact) mass is 361 g/mol. The van der Waals surface area contributed by atoms with Gasteiger partial charge < -0.3 is 20.3 Å². The highest BCUT2D eigenvalue weighted by Gasteiger charge is 2.26. The Morgan fingerprint density at radius 2 is 1.85 bits per heavy atom. The molecule has 0 radical (unpaired) electrons. The molecule has 142 valence electrons. The predicted octanol–water partition coefficient (Wildman–Crippen LogP) is 2.23. The number of amides is 3. The van der Waals surface area contributed by atoms with Crippen LogP contribution in [0.2, 0.25) is 0 Å². The number of nitrogens with one attached hydrogen (secondary N) is 2. The number of carbonyl (C=O) groups is 3. The maximum atomic E-state index is 12.3. The topological polar surface area (TPSA) is 87.7 Å². The molecule has 3 amide bonds. The molecule has 0 aromatic heterocycles. The molecule has 0 spiro atoms. The lowest BCUT2D eigenvalue weighted by atomic mass is 10.0. The highest BCUT2D eigenvalue weighted by molar-refractivity contribution is 6.39. The zero-order valence-corrected chi connectivity index (χ0v) is 15.6. The van der Waals surface area contributed by atoms with Gasteiger partial charge in [0.05, 0.1) is 6.61 Å². The summed E-state index contributed by atoms with van der Waals surface area (Å²) in [5, 5.41) is 5.48. The summed E-state index contributed by atoms with van der Waals surface area (Å²) in [7, 11) is 0. The number of likely N-dealkylation sites (tertiary alicyclic amines) is 1. The number of nitrogens with zero attached hydrogens (tertiary/aromatic N) is 1. The van der Waals surface area contributed by atoms with Crippen molar-refractivity contribution in [3.63, 3.8) is 0 Å². The number of anilines is 1. The van der Waals surface area contributed by atoms with Gasteiger partial charge in [-0.15, -0.1) is 0 Å². The number of ether oxygens (including phenoxy) is 1. The summed E-state index contributed by atoms with van der Waals surface area (Å²) in [5.41, 5.74) is 2.62. The average molecular weight is 361 g/mol. The van der Waals surface area contributed by atoms with E-state index in [4.69, 9.17) is 4.74 Å². The molecule has 1 saturated heterocycles. The largest absolute Gasteiger partial charge is 0.450 e. The molecular weight excluding hydrogens is 334 g/mol. The lowest BCUT2D eigenvalue weighted by molar-refractivity contribution is -0.136. The van der Waals surface area contributed by atoms with Gasteiger partial charge in [0.25, 0.3) is 0 Å². The molecule has 26 heavy (non-hydrogen) atoms. The summed E-state index contributed by atoms with van der Waals surface area (Å²) >= 11 is 0. The minimum atomic E-state index is -0.665. The molecule has 2 N–H and O–H groups in total. The van der Waals surface area contributed by atoms with Crippen LogP contribution >= 0.6 is 0 Å². The number of hydrogen-bond acceptors (Lipinski definition) is 4. The first-order valence-electron chi connectivity index (χ1n) is 9.08. The number of carbonyl (C=O) groups excluding carboxylic acids is 3. The van der Waals surface area contributed by atoms with Crippen LogP contribution in [0.3, 0.4) is 0 Å². The molecule has 1 aliphatic rings. The van der Waals surface area contributed by atoms with Crippen molar-refractivity contribution in [3.05, 3.63) is 29.3 Å². The lowest BCUT2D eigenvalue weighted by Crippen LogP contribution is -2.49. The third-order valence-electron chi connectivity index (χ3n) is 4.54. The van der Waals surface area contributed by atoms with E-state index in [1.54, 1.807) is 11.8 Å². The summed E-state index contributed by atoms with van der Waals surface area (Å²) in [6.45, 7) is 7.02. The van der Waals surface area contributed by atoms with Gasteiger partial charge in [0, 0.05) is 24.8 Å². The van der Waals surface area contributed by atoms with Crippen LogP contribution in [0.25, 0.3) is 0 Å². The van der Waals surface area contributed by atoms with Crippen LogP contribution in [-0.4, -0.2) is 48.5 Å². The molecule has 1 heterocycles. The Morgan fingerprint density at radius 1 is 1.15 bits per heavy atom. The zero-order chi connectivity index (χ0) is 19.1. The molecule has 0 bridgehead atoms. The quantitative estimate of drug-likeness (QED) is 0.805. The number of rotatable bonds is 4. The van der Waals surface area contributed by atoms with Gasteiger partial charge >= 0.3 is 17.9 Å². The fourth-order valence-electron chi connectivity index (χ4n) is 3.04. The van der Waals surface area contributed by atoms with E-state index in [0.29, 0.717) is 38.2 Å². The Labute approximate surface area is 154 Å². The fourth-order valence-corrected chi connectivity index (χ4v) is 3.04. The zero-order valence-electron chi connectivity index (χ0n) is 15.6. The molecule has 2 rings (SSSR count). The first kappa shape index (κ1) is 19.8. The van der Waals surface area contributed by atoms with Gasteiger partial charge in [-0.2, -0.15) is 0 Å². The number of hydrogen-bond donors (Lipinski definition) is 2. The first-order valence-corrected chi connectivity index (χ1v) is 9.08. The van der Waals surface area contributed by atoms with Crippen molar-refractivity contribution >= 4 is 23.6 Å². The molecule has 0 saturated carbocycles. The number of benzene rings is 1. The molecule has 7 heteroatoms. The van der Waals surface area contributed by atoms with Crippen molar-refractivity contribution < 1.29 is 19.1 Å². The van der Waals surface area contributed by atoms with E-state index in [1.807, 2.05) is 32.0 Å². The molecule has 0 aliphatic carbocycles. The number of piperidine rings is 1. The van der Waals surface area contributed by atoms with Crippen LogP contribution in [0.15, 0.2) is 18.2 Å². The Hall–Kier alpha value is -2.57. The van der Waals surface area contributed by atoms with Gasteiger partial charge in [0.2, 0.25) is 0 Å². The summed E-state index contributed by atoms with van der Waals surface area (Å²) < 4.78 is 4.97. The van der Waals surface area contributed by atoms with E-state index < -0.39 is 11.8 Å². The van der Waals surface area contributed by atoms with Crippen molar-refractivity contribution in [2.45, 2.75) is 46.1 Å². The molecule has 0 atom stereocenters. The van der Waals surface area contributed by atoms with Gasteiger partial charge in [-0.3, -0.25) is 9.59 Å². The van der Waals surface area contributed by atoms with Crippen molar-refractivity contribution in [1.29, 1.82) is 0 Å². The minimum absolute atomic E-state index is 0.124. The number of aryl methyl sites for hydroxylation is 2. The van der Waals surface area contributed by atoms with E-state index in [0.717, 1.165) is 17.5 Å². The third-order valence-corrected chi connectivity index (χ3v) is 4.54. The van der Waals surface area contributed by atoms with E-state index in [9.17, 15) is 14.4 Å². The van der Waals surface area contributed by atoms with E-state index in [1.165, 1.54) is 0 Å². The Bertz CT molecular complexity index is 667. The standard InChI is InChI=1S/C19H27N3O4/c1-4-14-8-6-7-13(3)16(14)21-18(24)17(23)20-15-9-11-22(12-10-15)19(25)26-5-2/h6-8,15H,4-5,9-12H2,1-3H3,(H,20,23)(H,21,24). The van der Waals surface area contributed by atoms with Crippen LogP contribution in [0.1, 0.15) is 37.8 Å². The molecular formula is C19H27N3O4. The first-order chi connectivity index (χ1) is 12.5. The van der Waals surface area contributed by atoms with Crippen LogP contribution in [0.4, 0.5) is 10.5 Å². The van der Waals surface area contributed by atoms with Crippen LogP contribution in [-0.2, 0) is 20.7 Å². The molecule has 1 aliphatic heterocycles. The highest BCUT2D eigenvalue weighted by Crippen LogP contribution is 2.21. The molecule has 1 aromatic rings. The second-order valence-electron chi connectivity index (χ2n) is 6.35. The summed E-state index contributed by atoms with van der Waals surface area (Å²) in [5.74, 6) is -1.31. The van der Waals surface area contributed by atoms with E-state index >= 15 is 0 Å². The molecule has 7 nitrogen and oxygen atoms in total. The summed E-state index contributed by atoms with van der Waals surface area (Å²) in [4.78, 5) is 37.8. The van der Waals surface area contributed by atoms with Crippen molar-refractivity contribution in [2.75, 3.05) is 25.0 Å². The van der Waals surface area contributed by atoms with Crippen molar-refractivity contribution in [3.8, 4) is 0 Å². The maximum Gasteiger partial charge on any atom is 0.409 e. The van der Waals surface area contributed by atoms with Crippen LogP contribution < -0.4 is 10.6 Å². The van der Waals surface area contributed by atoms with Gasteiger partial charge in [-0.1, -0.05) is 25.1 Å². The normalized spacial score (nSPS) is 14.7. The van der Waals surface area contributed by atoms with E-state index in [-0.39, 0.29) is 12.1 Å². The number of para-hydroxylation sites is 1. The molecule has 1 fully saturated rings. The smallest absolute Gasteiger partial charge is 0.409 e. The summed E-state index contributed by atoms with van der Waals surface area (Å²) in [6, 6.07) is 5.64. The predicted molar refractivity (Wildman–Crippen MR) is 98.9 cm³/mol. The second kappa shape index (κ2) is 9.22. The van der Waals surface area contributed by atoms with Crippen LogP contribution in [0.5, 0.6) is 0 Å². The fraction of sp³-hybridized carbons (Fsp3) is 0.526. The van der Waals surface area contributed by atoms with Crippen molar-refractivity contribution in [2.24, 2.45) is 0 Å². The SMILES string of the molecule is CCOC(=O)N1CCC(NC(=O)C(=O)Nc2c(C)cccc2CC)CC1. The van der Waals surface area contributed by atoms with E-state index in [2.05, 4.69) is 10.6 Å². The lowest BCUT2D eigenvalue weighted by Gasteiger charge is -2.31. The van der Waals surface area contributed by atoms with Gasteiger partial charge in [0.15, 0.2) is 0 Å². The molecule has 0 unspecified atom stereocenters. The Kier molecular flexibility index (Phi) is 7.00. The van der Waals surface area contributed by atoms with Crippen LogP contribution in [0, 0.1) is 6.92 Å². The molecule has 1 aromatic carbocycles. The van der Waals surface area contributed by atoms with Gasteiger partial charge in [-0.05, 0) is 44.2 Å². The Balaban J connectivity index is 1.87. The third kappa shape index (κ3) is 4.97. The average Bonchev–Trinajstić information content (AvgIpc) is 2.64. The van der Waals surface area contributed by atoms with Gasteiger partial charge in [0.1, 0.15) is 0 Å². The Morgan fingerprint density at radius 3 is 2.46 bits per heavy atom. The highest BCUT2D eigenvalue weighted by atomic mass is 16.6. The maximum absolute atomic E-state index is 12.3. The summed E-state index contributed by atoms with van der Waals surface area (Å²) in [6.07, 6.45) is 1.64. The van der Waals surface area contributed by atoms with Crippen molar-refractivity contribution in [1.82, 2.24) is 10.2 Å². The van der Waals surface area contributed by atoms with Gasteiger partial charge in [-0.25, -0.2) is 4.79 Å².